The Morgan fingerprint density at radius 3 is 2.59 bits per heavy atom. The number of hydrogen-bond acceptors (Lipinski definition) is 4. The molecule has 2 heterocycles. The number of aryl methyl sites for hydroxylation is 1. The van der Waals surface area contributed by atoms with Crippen LogP contribution < -0.4 is 15.5 Å². The zero-order chi connectivity index (χ0) is 19.3. The Bertz CT molecular complexity index is 979. The largest absolute Gasteiger partial charge is 0.368 e. The maximum Gasteiger partial charge on any atom is 0.269 e. The standard InChI is InChI=1S/C19H16FN3O3S/c1-11-2-7-15-14(8-11)19(18(26)22(15)9-16(21)24)23(17(25)10-27-19)13-5-3-12(20)4-6-13/h2-8H,9-10H2,1H3,(H2,21,24)/t19-/m1/s1. The molecule has 0 saturated carbocycles. The van der Waals surface area contributed by atoms with Crippen LogP contribution >= 0.6 is 11.8 Å². The van der Waals surface area contributed by atoms with E-state index in [-0.39, 0.29) is 18.2 Å². The summed E-state index contributed by atoms with van der Waals surface area (Å²) in [6.07, 6.45) is 0. The molecule has 138 valence electrons. The van der Waals surface area contributed by atoms with E-state index in [4.69, 9.17) is 5.73 Å². The van der Waals surface area contributed by atoms with Gasteiger partial charge in [0.1, 0.15) is 12.4 Å². The van der Waals surface area contributed by atoms with Crippen molar-refractivity contribution in [2.75, 3.05) is 22.1 Å². The second-order valence-electron chi connectivity index (χ2n) is 6.52. The predicted molar refractivity (Wildman–Crippen MR) is 101 cm³/mol. The van der Waals surface area contributed by atoms with E-state index in [0.717, 1.165) is 5.56 Å². The highest BCUT2D eigenvalue weighted by atomic mass is 32.2. The number of rotatable bonds is 3. The van der Waals surface area contributed by atoms with Gasteiger partial charge in [-0.1, -0.05) is 17.7 Å². The highest BCUT2D eigenvalue weighted by Gasteiger charge is 2.61. The minimum absolute atomic E-state index is 0.0981. The van der Waals surface area contributed by atoms with Crippen LogP contribution in [0.4, 0.5) is 15.8 Å². The maximum atomic E-state index is 13.5. The van der Waals surface area contributed by atoms with Crippen LogP contribution in [0.5, 0.6) is 0 Å². The van der Waals surface area contributed by atoms with E-state index in [1.165, 1.54) is 45.8 Å². The molecule has 4 rings (SSSR count). The molecule has 2 aliphatic heterocycles. The quantitative estimate of drug-likeness (QED) is 0.875. The van der Waals surface area contributed by atoms with Gasteiger partial charge in [-0.15, -0.1) is 11.8 Å². The van der Waals surface area contributed by atoms with Crippen molar-refractivity contribution in [3.8, 4) is 0 Å². The Balaban J connectivity index is 1.93. The zero-order valence-corrected chi connectivity index (χ0v) is 15.3. The smallest absolute Gasteiger partial charge is 0.269 e. The van der Waals surface area contributed by atoms with Gasteiger partial charge in [0.05, 0.1) is 11.4 Å². The number of fused-ring (bicyclic) bond motifs is 2. The summed E-state index contributed by atoms with van der Waals surface area (Å²) in [5.41, 5.74) is 7.87. The molecule has 2 N–H and O–H groups in total. The van der Waals surface area contributed by atoms with E-state index in [2.05, 4.69) is 0 Å². The van der Waals surface area contributed by atoms with E-state index in [1.54, 1.807) is 6.07 Å². The third kappa shape index (κ3) is 2.51. The van der Waals surface area contributed by atoms with Gasteiger partial charge in [0.15, 0.2) is 0 Å². The number of halogens is 1. The van der Waals surface area contributed by atoms with Crippen LogP contribution in [-0.4, -0.2) is 30.0 Å². The topological polar surface area (TPSA) is 83.7 Å². The van der Waals surface area contributed by atoms with Crippen molar-refractivity contribution in [2.24, 2.45) is 5.73 Å². The molecule has 6 nitrogen and oxygen atoms in total. The number of carbonyl (C=O) groups is 3. The number of nitrogens with two attached hydrogens (primary N) is 1. The van der Waals surface area contributed by atoms with Crippen molar-refractivity contribution in [1.29, 1.82) is 0 Å². The molecule has 2 aromatic carbocycles. The first-order valence-electron chi connectivity index (χ1n) is 8.28. The maximum absolute atomic E-state index is 13.5. The van der Waals surface area contributed by atoms with E-state index in [1.807, 2.05) is 19.1 Å². The summed E-state index contributed by atoms with van der Waals surface area (Å²) in [5.74, 6) is -1.64. The lowest BCUT2D eigenvalue weighted by Gasteiger charge is -2.33. The molecule has 0 aromatic heterocycles. The van der Waals surface area contributed by atoms with Gasteiger partial charge in [0.25, 0.3) is 5.91 Å². The van der Waals surface area contributed by atoms with Crippen molar-refractivity contribution >= 4 is 40.9 Å². The number of nitrogens with zero attached hydrogens (tertiary/aromatic N) is 2. The third-order valence-electron chi connectivity index (χ3n) is 4.71. The minimum atomic E-state index is -1.33. The summed E-state index contributed by atoms with van der Waals surface area (Å²) >= 11 is 1.20. The third-order valence-corrected chi connectivity index (χ3v) is 6.10. The number of benzene rings is 2. The molecule has 27 heavy (non-hydrogen) atoms. The molecule has 1 spiro atoms. The van der Waals surface area contributed by atoms with Gasteiger partial charge in [-0.2, -0.15) is 0 Å². The molecule has 2 aromatic rings. The number of amides is 3. The molecule has 0 aliphatic carbocycles. The van der Waals surface area contributed by atoms with Crippen LogP contribution in [0.3, 0.4) is 0 Å². The fourth-order valence-corrected chi connectivity index (χ4v) is 4.97. The van der Waals surface area contributed by atoms with Crippen LogP contribution in [0.1, 0.15) is 11.1 Å². The molecule has 8 heteroatoms. The highest BCUT2D eigenvalue weighted by Crippen LogP contribution is 2.55. The highest BCUT2D eigenvalue weighted by molar-refractivity contribution is 8.02. The molecule has 0 bridgehead atoms. The van der Waals surface area contributed by atoms with Gasteiger partial charge in [-0.25, -0.2) is 4.39 Å². The molecule has 2 aliphatic rings. The number of anilines is 2. The Kier molecular flexibility index (Phi) is 3.96. The average Bonchev–Trinajstić information content (AvgIpc) is 3.07. The van der Waals surface area contributed by atoms with E-state index >= 15 is 0 Å². The molecule has 1 fully saturated rings. The Hall–Kier alpha value is -2.87. The predicted octanol–water partition coefficient (Wildman–Crippen LogP) is 1.90. The Morgan fingerprint density at radius 1 is 1.22 bits per heavy atom. The van der Waals surface area contributed by atoms with Gasteiger partial charge in [-0.05, 0) is 37.3 Å². The van der Waals surface area contributed by atoms with Crippen molar-refractivity contribution < 1.29 is 18.8 Å². The summed E-state index contributed by atoms with van der Waals surface area (Å²) < 4.78 is 13.4. The van der Waals surface area contributed by atoms with E-state index in [0.29, 0.717) is 16.9 Å². The number of primary amides is 1. The SMILES string of the molecule is Cc1ccc2c(c1)[C@@]1(SCC(=O)N1c1ccc(F)cc1)C(=O)N2CC(N)=O. The first-order chi connectivity index (χ1) is 12.8. The van der Waals surface area contributed by atoms with Gasteiger partial charge in [0.2, 0.25) is 16.7 Å². The molecule has 1 saturated heterocycles. The fraction of sp³-hybridized carbons (Fsp3) is 0.211. The monoisotopic (exact) mass is 385 g/mol. The second kappa shape index (κ2) is 6.09. The molecule has 1 atom stereocenters. The van der Waals surface area contributed by atoms with Crippen molar-refractivity contribution in [3.05, 3.63) is 59.4 Å². The number of carbonyl (C=O) groups excluding carboxylic acids is 3. The summed E-state index contributed by atoms with van der Waals surface area (Å²) in [6.45, 7) is 1.61. The van der Waals surface area contributed by atoms with Crippen LogP contribution in [0.2, 0.25) is 0 Å². The van der Waals surface area contributed by atoms with E-state index < -0.39 is 22.5 Å². The van der Waals surface area contributed by atoms with Crippen molar-refractivity contribution in [3.63, 3.8) is 0 Å². The average molecular weight is 385 g/mol. The number of thioether (sulfide) groups is 1. The Labute approximate surface area is 159 Å². The lowest BCUT2D eigenvalue weighted by molar-refractivity contribution is -0.125. The van der Waals surface area contributed by atoms with Gasteiger partial charge in [-0.3, -0.25) is 24.2 Å². The Morgan fingerprint density at radius 2 is 1.93 bits per heavy atom. The van der Waals surface area contributed by atoms with Gasteiger partial charge < -0.3 is 5.73 Å². The first-order valence-corrected chi connectivity index (χ1v) is 9.27. The molecule has 0 radical (unpaired) electrons. The van der Waals surface area contributed by atoms with E-state index in [9.17, 15) is 18.8 Å². The van der Waals surface area contributed by atoms with Crippen LogP contribution in [0.15, 0.2) is 42.5 Å². The van der Waals surface area contributed by atoms with Crippen LogP contribution in [-0.2, 0) is 19.3 Å². The molecular formula is C19H16FN3O3S. The normalized spacial score (nSPS) is 21.3. The van der Waals surface area contributed by atoms with Gasteiger partial charge in [0, 0.05) is 11.3 Å². The summed E-state index contributed by atoms with van der Waals surface area (Å²) in [4.78, 5) is 39.1. The van der Waals surface area contributed by atoms with Crippen molar-refractivity contribution in [1.82, 2.24) is 0 Å². The summed E-state index contributed by atoms with van der Waals surface area (Å²) in [7, 11) is 0. The van der Waals surface area contributed by atoms with Crippen LogP contribution in [0, 0.1) is 12.7 Å². The lowest BCUT2D eigenvalue weighted by atomic mass is 10.0. The number of hydrogen-bond donors (Lipinski definition) is 1. The van der Waals surface area contributed by atoms with Crippen LogP contribution in [0.25, 0.3) is 0 Å². The second-order valence-corrected chi connectivity index (χ2v) is 7.68. The minimum Gasteiger partial charge on any atom is -0.368 e. The zero-order valence-electron chi connectivity index (χ0n) is 14.4. The van der Waals surface area contributed by atoms with Gasteiger partial charge >= 0.3 is 0 Å². The molecular weight excluding hydrogens is 369 g/mol. The van der Waals surface area contributed by atoms with Crippen molar-refractivity contribution in [2.45, 2.75) is 11.8 Å². The first kappa shape index (κ1) is 17.5. The summed E-state index contributed by atoms with van der Waals surface area (Å²) in [5, 5.41) is 0. The summed E-state index contributed by atoms with van der Waals surface area (Å²) in [6, 6.07) is 10.9. The fourth-order valence-electron chi connectivity index (χ4n) is 3.62. The molecule has 3 amide bonds. The molecule has 0 unspecified atom stereocenters. The lowest BCUT2D eigenvalue weighted by Crippen LogP contribution is -2.51.